The fourth-order valence-electron chi connectivity index (χ4n) is 7.05. The summed E-state index contributed by atoms with van der Waals surface area (Å²) in [5.41, 5.74) is 4.03. The number of non-ortho nitro benzene ring substituents is 1. The normalized spacial score (nSPS) is 17.3. The lowest BCUT2D eigenvalue weighted by Gasteiger charge is -2.43. The molecule has 2 heterocycles. The minimum atomic E-state index is -0.896. The third-order valence-corrected chi connectivity index (χ3v) is 9.65. The number of hydrogen-bond donors (Lipinski definition) is 1. The highest BCUT2D eigenvalue weighted by atomic mass is 35.5. The second kappa shape index (κ2) is 16.7. The Kier molecular flexibility index (Phi) is 12.7. The fourth-order valence-corrected chi connectivity index (χ4v) is 7.05. The van der Waals surface area contributed by atoms with E-state index < -0.39 is 22.8 Å². The van der Waals surface area contributed by atoms with Crippen molar-refractivity contribution < 1.29 is 33.5 Å². The van der Waals surface area contributed by atoms with Crippen molar-refractivity contribution >= 4 is 30.0 Å². The number of hydrogen-bond acceptors (Lipinski definition) is 10. The molecule has 0 radical (unpaired) electrons. The molecule has 2 aliphatic rings. The standard InChI is InChI=1S/C38H43N3O8.ClH/c1-25-33(36(42)48-5)35(27-8-6-9-30(24-27)41(44)45)34(26(2)39-25)37(43)49-23-7-20-40-21-18-38(19-22-40,28-10-14-31(46-3)15-11-28)29-12-16-32(47-4)17-13-29;/h6,8-17,24,35,39H,7,18-23H2,1-5H3;1H. The number of carbonyl (C=O) groups is 2. The average molecular weight is 706 g/mol. The largest absolute Gasteiger partial charge is 0.497 e. The summed E-state index contributed by atoms with van der Waals surface area (Å²) in [5.74, 6) is -0.483. The van der Waals surface area contributed by atoms with Crippen molar-refractivity contribution in [2.24, 2.45) is 0 Å². The molecule has 1 saturated heterocycles. The number of allylic oxidation sites excluding steroid dienone is 2. The van der Waals surface area contributed by atoms with Gasteiger partial charge in [0.25, 0.3) is 5.69 Å². The van der Waals surface area contributed by atoms with E-state index in [2.05, 4.69) is 34.5 Å². The first-order valence-corrected chi connectivity index (χ1v) is 16.3. The third-order valence-electron chi connectivity index (χ3n) is 9.65. The molecule has 266 valence electrons. The Balaban J connectivity index is 0.00000562. The minimum Gasteiger partial charge on any atom is -0.497 e. The predicted molar refractivity (Wildman–Crippen MR) is 192 cm³/mol. The molecule has 0 aliphatic carbocycles. The molecule has 1 unspecified atom stereocenters. The van der Waals surface area contributed by atoms with E-state index in [1.165, 1.54) is 36.4 Å². The number of carbonyl (C=O) groups excluding carboxylic acids is 2. The molecular formula is C38H44ClN3O8. The van der Waals surface area contributed by atoms with Gasteiger partial charge in [-0.25, -0.2) is 9.59 Å². The maximum absolute atomic E-state index is 13.7. The van der Waals surface area contributed by atoms with Gasteiger partial charge >= 0.3 is 11.9 Å². The molecule has 0 saturated carbocycles. The first-order valence-electron chi connectivity index (χ1n) is 16.3. The smallest absolute Gasteiger partial charge is 0.336 e. The summed E-state index contributed by atoms with van der Waals surface area (Å²) >= 11 is 0. The van der Waals surface area contributed by atoms with Gasteiger partial charge in [0.05, 0.1) is 49.9 Å². The Morgan fingerprint density at radius 3 is 1.90 bits per heavy atom. The molecule has 11 nitrogen and oxygen atoms in total. The Hall–Kier alpha value is -4.87. The molecule has 0 bridgehead atoms. The predicted octanol–water partition coefficient (Wildman–Crippen LogP) is 6.46. The Labute approximate surface area is 298 Å². The van der Waals surface area contributed by atoms with Gasteiger partial charge in [-0.05, 0) is 87.2 Å². The van der Waals surface area contributed by atoms with E-state index in [4.69, 9.17) is 18.9 Å². The lowest BCUT2D eigenvalue weighted by molar-refractivity contribution is -0.384. The van der Waals surface area contributed by atoms with Crippen molar-refractivity contribution in [1.82, 2.24) is 10.2 Å². The summed E-state index contributed by atoms with van der Waals surface area (Å²) in [6.07, 6.45) is 2.44. The van der Waals surface area contributed by atoms with E-state index in [-0.39, 0.29) is 41.3 Å². The lowest BCUT2D eigenvalue weighted by Crippen LogP contribution is -2.43. The second-order valence-electron chi connectivity index (χ2n) is 12.3. The van der Waals surface area contributed by atoms with Gasteiger partial charge in [-0.1, -0.05) is 36.4 Å². The summed E-state index contributed by atoms with van der Waals surface area (Å²) < 4.78 is 21.7. The van der Waals surface area contributed by atoms with E-state index in [0.29, 0.717) is 23.4 Å². The molecule has 1 atom stereocenters. The van der Waals surface area contributed by atoms with Crippen LogP contribution in [0.1, 0.15) is 55.7 Å². The number of ether oxygens (including phenoxy) is 4. The molecule has 0 aromatic heterocycles. The molecule has 50 heavy (non-hydrogen) atoms. The quantitative estimate of drug-likeness (QED) is 0.0971. The van der Waals surface area contributed by atoms with Crippen LogP contribution in [0.2, 0.25) is 0 Å². The monoisotopic (exact) mass is 705 g/mol. The molecular weight excluding hydrogens is 662 g/mol. The van der Waals surface area contributed by atoms with Gasteiger partial charge in [0.1, 0.15) is 11.5 Å². The summed E-state index contributed by atoms with van der Waals surface area (Å²) in [6, 6.07) is 22.6. The molecule has 3 aromatic rings. The number of halogens is 1. The number of methoxy groups -OCH3 is 3. The maximum atomic E-state index is 13.7. The first-order chi connectivity index (χ1) is 23.6. The highest BCUT2D eigenvalue weighted by Crippen LogP contribution is 2.43. The van der Waals surface area contributed by atoms with Crippen molar-refractivity contribution in [3.8, 4) is 11.5 Å². The molecule has 1 N–H and O–H groups in total. The van der Waals surface area contributed by atoms with Crippen molar-refractivity contribution in [2.45, 2.75) is 44.4 Å². The first kappa shape index (κ1) is 37.9. The van der Waals surface area contributed by atoms with E-state index in [0.717, 1.165) is 44.0 Å². The van der Waals surface area contributed by atoms with Gasteiger partial charge in [-0.2, -0.15) is 0 Å². The van der Waals surface area contributed by atoms with Crippen LogP contribution in [0, 0.1) is 10.1 Å². The topological polar surface area (TPSA) is 129 Å². The lowest BCUT2D eigenvalue weighted by atomic mass is 9.68. The molecule has 1 fully saturated rings. The SMILES string of the molecule is COC(=O)C1=C(C)NC(C)=C(C(=O)OCCCN2CCC(c3ccc(OC)cc3)(c3ccc(OC)cc3)CC2)C1c1cccc([N+](=O)[O-])c1.Cl. The van der Waals surface area contributed by atoms with Gasteiger partial charge in [0, 0.05) is 35.5 Å². The summed E-state index contributed by atoms with van der Waals surface area (Å²) in [6.45, 7) is 6.07. The number of likely N-dealkylation sites (tertiary alicyclic amines) is 1. The van der Waals surface area contributed by atoms with Crippen molar-refractivity contribution in [3.05, 3.63) is 122 Å². The number of nitro benzene ring substituents is 1. The molecule has 5 rings (SSSR count). The van der Waals surface area contributed by atoms with Crippen LogP contribution in [0.5, 0.6) is 11.5 Å². The number of nitrogens with one attached hydrogen (secondary N) is 1. The summed E-state index contributed by atoms with van der Waals surface area (Å²) in [5, 5.41) is 14.7. The Morgan fingerprint density at radius 2 is 1.40 bits per heavy atom. The molecule has 0 spiro atoms. The highest BCUT2D eigenvalue weighted by Gasteiger charge is 2.39. The van der Waals surface area contributed by atoms with Gasteiger partial charge in [-0.3, -0.25) is 10.1 Å². The maximum Gasteiger partial charge on any atom is 0.336 e. The molecule has 0 amide bonds. The Morgan fingerprint density at radius 1 is 0.860 bits per heavy atom. The van der Waals surface area contributed by atoms with Crippen LogP contribution < -0.4 is 14.8 Å². The number of benzene rings is 3. The number of nitro groups is 1. The number of nitrogens with zero attached hydrogens (tertiary/aromatic N) is 2. The van der Waals surface area contributed by atoms with Gasteiger partial charge in [-0.15, -0.1) is 12.4 Å². The van der Waals surface area contributed by atoms with Crippen molar-refractivity contribution in [3.63, 3.8) is 0 Å². The minimum absolute atomic E-state index is 0. The zero-order chi connectivity index (χ0) is 35.1. The fraction of sp³-hybridized carbons (Fsp3) is 0.368. The van der Waals surface area contributed by atoms with Gasteiger partial charge in [0.15, 0.2) is 0 Å². The third kappa shape index (κ3) is 7.95. The number of piperidine rings is 1. The molecule has 12 heteroatoms. The Bertz CT molecular complexity index is 1700. The van der Waals surface area contributed by atoms with Gasteiger partial charge < -0.3 is 29.2 Å². The summed E-state index contributed by atoms with van der Waals surface area (Å²) in [7, 11) is 4.59. The zero-order valence-electron chi connectivity index (χ0n) is 29.0. The van der Waals surface area contributed by atoms with Crippen LogP contribution in [0.4, 0.5) is 5.69 Å². The van der Waals surface area contributed by atoms with Gasteiger partial charge in [0.2, 0.25) is 0 Å². The van der Waals surface area contributed by atoms with E-state index in [1.54, 1.807) is 34.1 Å². The van der Waals surface area contributed by atoms with Crippen LogP contribution >= 0.6 is 12.4 Å². The van der Waals surface area contributed by atoms with E-state index in [9.17, 15) is 19.7 Å². The highest BCUT2D eigenvalue weighted by molar-refractivity contribution is 5.99. The zero-order valence-corrected chi connectivity index (χ0v) is 29.8. The van der Waals surface area contributed by atoms with Crippen LogP contribution in [-0.4, -0.2) is 69.3 Å². The van der Waals surface area contributed by atoms with Crippen LogP contribution in [0.25, 0.3) is 0 Å². The average Bonchev–Trinajstić information content (AvgIpc) is 3.13. The van der Waals surface area contributed by atoms with Crippen LogP contribution in [0.3, 0.4) is 0 Å². The van der Waals surface area contributed by atoms with Crippen LogP contribution in [-0.2, 0) is 24.5 Å². The molecule has 2 aliphatic heterocycles. The van der Waals surface area contributed by atoms with Crippen molar-refractivity contribution in [1.29, 1.82) is 0 Å². The second-order valence-corrected chi connectivity index (χ2v) is 12.3. The van der Waals surface area contributed by atoms with Crippen LogP contribution in [0.15, 0.2) is 95.3 Å². The number of rotatable bonds is 12. The van der Waals surface area contributed by atoms with E-state index in [1.807, 2.05) is 24.3 Å². The summed E-state index contributed by atoms with van der Waals surface area (Å²) in [4.78, 5) is 40.0. The van der Waals surface area contributed by atoms with E-state index >= 15 is 0 Å². The number of dihydropyridines is 1. The van der Waals surface area contributed by atoms with Crippen molar-refractivity contribution in [2.75, 3.05) is 47.6 Å². The number of esters is 2. The molecule has 3 aromatic carbocycles.